The Morgan fingerprint density at radius 3 is 2.55 bits per heavy atom. The van der Waals surface area contributed by atoms with Gasteiger partial charge in [0.25, 0.3) is 5.91 Å². The van der Waals surface area contributed by atoms with Gasteiger partial charge in [0.1, 0.15) is 11.9 Å². The Bertz CT molecular complexity index is 1350. The molecule has 4 rings (SSSR count). The van der Waals surface area contributed by atoms with Crippen LogP contribution in [-0.4, -0.2) is 59.2 Å². The van der Waals surface area contributed by atoms with Crippen molar-refractivity contribution in [2.75, 3.05) is 19.6 Å². The Morgan fingerprint density at radius 1 is 1.02 bits per heavy atom. The Morgan fingerprint density at radius 2 is 1.80 bits per heavy atom. The molecule has 2 aromatic carbocycles. The quantitative estimate of drug-likeness (QED) is 0.467. The van der Waals surface area contributed by atoms with Crippen LogP contribution in [0.25, 0.3) is 0 Å². The Kier molecular flexibility index (Phi) is 9.56. The first-order valence-electron chi connectivity index (χ1n) is 13.2. The monoisotopic (exact) mass is 545 g/mol. The molecular weight excluding hydrogens is 513 g/mol. The maximum atomic E-state index is 14.5. The van der Waals surface area contributed by atoms with E-state index in [1.807, 2.05) is 6.07 Å². The van der Waals surface area contributed by atoms with Crippen LogP contribution in [0.3, 0.4) is 0 Å². The van der Waals surface area contributed by atoms with E-state index in [1.165, 1.54) is 24.0 Å². The summed E-state index contributed by atoms with van der Waals surface area (Å²) >= 11 is 0. The van der Waals surface area contributed by atoms with Crippen LogP contribution in [-0.2, 0) is 27.2 Å². The molecule has 0 fully saturated rings. The maximum absolute atomic E-state index is 14.5. The van der Waals surface area contributed by atoms with Gasteiger partial charge in [-0.3, -0.25) is 24.2 Å². The third kappa shape index (κ3) is 7.72. The largest absolute Gasteiger partial charge is 0.355 e. The fourth-order valence-electron chi connectivity index (χ4n) is 4.45. The SMILES string of the molecule is C[C@H]1NC(=O)c2cc(ccc2F)CCCNC(=O)CN(C(=O)Cc2ccccn2)C[C@H](c2ccccc2)NC1=O. The third-order valence-corrected chi connectivity index (χ3v) is 6.65. The highest BCUT2D eigenvalue weighted by Crippen LogP contribution is 2.17. The lowest BCUT2D eigenvalue weighted by atomic mass is 10.0. The average Bonchev–Trinajstić information content (AvgIpc) is 2.95. The number of carbonyl (C=O) groups is 4. The molecule has 1 aliphatic rings. The number of hydrogen-bond donors (Lipinski definition) is 3. The zero-order valence-electron chi connectivity index (χ0n) is 22.2. The molecule has 0 saturated carbocycles. The van der Waals surface area contributed by atoms with Crippen molar-refractivity contribution >= 4 is 23.6 Å². The Hall–Kier alpha value is -4.60. The molecule has 2 bridgehead atoms. The summed E-state index contributed by atoms with van der Waals surface area (Å²) in [6, 6.07) is 16.9. The highest BCUT2D eigenvalue weighted by molar-refractivity contribution is 5.98. The first-order chi connectivity index (χ1) is 19.3. The van der Waals surface area contributed by atoms with Gasteiger partial charge in [-0.25, -0.2) is 4.39 Å². The standard InChI is InChI=1S/C30H32FN5O4/c1-20-29(39)35-26(22-9-3-2-4-10-22)18-36(28(38)17-23-11-5-6-14-32-23)19-27(37)33-15-7-8-21-12-13-25(31)24(16-21)30(40)34-20/h2-6,9-14,16,20,26H,7-8,15,17-19H2,1H3,(H,33,37)(H,34,40)(H,35,39)/t20-,26-/m1/s1. The summed E-state index contributed by atoms with van der Waals surface area (Å²) in [4.78, 5) is 58.0. The van der Waals surface area contributed by atoms with Gasteiger partial charge in [0, 0.05) is 25.0 Å². The number of aryl methyl sites for hydroxylation is 1. The van der Waals surface area contributed by atoms with Crippen molar-refractivity contribution in [1.82, 2.24) is 25.8 Å². The van der Waals surface area contributed by atoms with Gasteiger partial charge in [-0.15, -0.1) is 0 Å². The molecule has 40 heavy (non-hydrogen) atoms. The van der Waals surface area contributed by atoms with Crippen LogP contribution in [0.2, 0.25) is 0 Å². The molecule has 9 nitrogen and oxygen atoms in total. The fraction of sp³-hybridized carbons (Fsp3) is 0.300. The van der Waals surface area contributed by atoms with Crippen LogP contribution in [0.5, 0.6) is 0 Å². The van der Waals surface area contributed by atoms with Crippen molar-refractivity contribution in [3.05, 3.63) is 101 Å². The van der Waals surface area contributed by atoms with E-state index in [1.54, 1.807) is 54.7 Å². The minimum atomic E-state index is -1.00. The van der Waals surface area contributed by atoms with Gasteiger partial charge in [0.15, 0.2) is 0 Å². The van der Waals surface area contributed by atoms with E-state index < -0.39 is 29.7 Å². The van der Waals surface area contributed by atoms with E-state index in [-0.39, 0.29) is 36.9 Å². The summed E-state index contributed by atoms with van der Waals surface area (Å²) in [7, 11) is 0. The summed E-state index contributed by atoms with van der Waals surface area (Å²) in [6.07, 6.45) is 2.62. The van der Waals surface area contributed by atoms with Crippen LogP contribution < -0.4 is 16.0 Å². The van der Waals surface area contributed by atoms with Crippen molar-refractivity contribution in [1.29, 1.82) is 0 Å². The van der Waals surface area contributed by atoms with Gasteiger partial charge in [0.05, 0.1) is 24.6 Å². The number of amides is 4. The Labute approximate surface area is 232 Å². The number of benzene rings is 2. The fourth-order valence-corrected chi connectivity index (χ4v) is 4.45. The minimum Gasteiger partial charge on any atom is -0.355 e. The number of rotatable bonds is 3. The van der Waals surface area contributed by atoms with Crippen LogP contribution in [0, 0.1) is 5.82 Å². The van der Waals surface area contributed by atoms with Crippen LogP contribution in [0.1, 0.15) is 46.6 Å². The maximum Gasteiger partial charge on any atom is 0.254 e. The molecule has 2 atom stereocenters. The van der Waals surface area contributed by atoms with Gasteiger partial charge in [0.2, 0.25) is 17.7 Å². The number of carbonyl (C=O) groups excluding carboxylic acids is 4. The summed E-state index contributed by atoms with van der Waals surface area (Å²) < 4.78 is 14.5. The molecule has 0 saturated heterocycles. The van der Waals surface area contributed by atoms with Crippen LogP contribution in [0.4, 0.5) is 4.39 Å². The second-order valence-corrected chi connectivity index (χ2v) is 9.71. The molecule has 4 amide bonds. The van der Waals surface area contributed by atoms with Crippen molar-refractivity contribution in [3.63, 3.8) is 0 Å². The lowest BCUT2D eigenvalue weighted by molar-refractivity contribution is -0.136. The molecule has 0 aliphatic carbocycles. The molecule has 3 N–H and O–H groups in total. The van der Waals surface area contributed by atoms with E-state index in [0.29, 0.717) is 30.6 Å². The second kappa shape index (κ2) is 13.5. The molecule has 208 valence electrons. The number of pyridine rings is 1. The number of fused-ring (bicyclic) bond motifs is 2. The molecule has 0 radical (unpaired) electrons. The predicted molar refractivity (Wildman–Crippen MR) is 147 cm³/mol. The summed E-state index contributed by atoms with van der Waals surface area (Å²) in [5.74, 6) is -2.59. The molecule has 1 aromatic heterocycles. The number of nitrogens with one attached hydrogen (secondary N) is 3. The van der Waals surface area contributed by atoms with Crippen molar-refractivity contribution in [2.45, 2.75) is 38.3 Å². The predicted octanol–water partition coefficient (Wildman–Crippen LogP) is 2.33. The van der Waals surface area contributed by atoms with E-state index in [4.69, 9.17) is 0 Å². The zero-order valence-corrected chi connectivity index (χ0v) is 22.2. The van der Waals surface area contributed by atoms with Gasteiger partial charge in [-0.1, -0.05) is 42.5 Å². The van der Waals surface area contributed by atoms with E-state index >= 15 is 0 Å². The van der Waals surface area contributed by atoms with Gasteiger partial charge in [-0.2, -0.15) is 0 Å². The van der Waals surface area contributed by atoms with Gasteiger partial charge in [-0.05, 0) is 55.2 Å². The van der Waals surface area contributed by atoms with Crippen LogP contribution in [0.15, 0.2) is 72.9 Å². The lowest BCUT2D eigenvalue weighted by Crippen LogP contribution is -2.50. The first-order valence-corrected chi connectivity index (χ1v) is 13.2. The normalized spacial score (nSPS) is 19.1. The molecule has 10 heteroatoms. The smallest absolute Gasteiger partial charge is 0.254 e. The number of halogens is 1. The third-order valence-electron chi connectivity index (χ3n) is 6.65. The van der Waals surface area contributed by atoms with E-state index in [2.05, 4.69) is 20.9 Å². The second-order valence-electron chi connectivity index (χ2n) is 9.71. The molecule has 3 aromatic rings. The van der Waals surface area contributed by atoms with Crippen molar-refractivity contribution in [3.8, 4) is 0 Å². The average molecular weight is 546 g/mol. The highest BCUT2D eigenvalue weighted by atomic mass is 19.1. The summed E-state index contributed by atoms with van der Waals surface area (Å²) in [6.45, 7) is 1.63. The molecule has 0 unspecified atom stereocenters. The van der Waals surface area contributed by atoms with Crippen LogP contribution >= 0.6 is 0 Å². The molecular formula is C30H32FN5O4. The number of nitrogens with zero attached hydrogens (tertiary/aromatic N) is 2. The van der Waals surface area contributed by atoms with E-state index in [9.17, 15) is 23.6 Å². The van der Waals surface area contributed by atoms with Gasteiger partial charge < -0.3 is 20.9 Å². The molecule has 2 heterocycles. The molecule has 1 aliphatic heterocycles. The first kappa shape index (κ1) is 28.4. The minimum absolute atomic E-state index is 0.00487. The van der Waals surface area contributed by atoms with E-state index in [0.717, 1.165) is 5.56 Å². The van der Waals surface area contributed by atoms with Crippen molar-refractivity contribution < 1.29 is 23.6 Å². The number of hydrogen-bond acceptors (Lipinski definition) is 5. The summed E-state index contributed by atoms with van der Waals surface area (Å²) in [5, 5.41) is 8.30. The highest BCUT2D eigenvalue weighted by Gasteiger charge is 2.27. The summed E-state index contributed by atoms with van der Waals surface area (Å²) in [5.41, 5.74) is 1.83. The Balaban J connectivity index is 1.63. The number of aromatic nitrogens is 1. The lowest BCUT2D eigenvalue weighted by Gasteiger charge is -2.29. The molecule has 0 spiro atoms. The van der Waals surface area contributed by atoms with Crippen molar-refractivity contribution in [2.24, 2.45) is 0 Å². The zero-order chi connectivity index (χ0) is 28.5. The van der Waals surface area contributed by atoms with Gasteiger partial charge >= 0.3 is 0 Å². The topological polar surface area (TPSA) is 120 Å².